The first-order valence-electron chi connectivity index (χ1n) is 3.98. The van der Waals surface area contributed by atoms with Crippen LogP contribution in [0.3, 0.4) is 0 Å². The van der Waals surface area contributed by atoms with Crippen LogP contribution < -0.4 is 10.3 Å². The molecule has 15 heavy (non-hydrogen) atoms. The van der Waals surface area contributed by atoms with E-state index in [1.807, 2.05) is 0 Å². The molecule has 0 aliphatic heterocycles. The Labute approximate surface area is 84.8 Å². The van der Waals surface area contributed by atoms with E-state index >= 15 is 0 Å². The van der Waals surface area contributed by atoms with Crippen molar-refractivity contribution in [3.63, 3.8) is 0 Å². The average Bonchev–Trinajstić information content (AvgIpc) is 2.21. The van der Waals surface area contributed by atoms with Gasteiger partial charge in [-0.15, -0.1) is 0 Å². The highest BCUT2D eigenvalue weighted by molar-refractivity contribution is 5.92. The van der Waals surface area contributed by atoms with Gasteiger partial charge in [0.05, 0.1) is 0 Å². The first kappa shape index (κ1) is 10.9. The molecule has 1 rings (SSSR count). The first-order valence-corrected chi connectivity index (χ1v) is 3.98. The van der Waals surface area contributed by atoms with E-state index in [-0.39, 0.29) is 5.69 Å². The van der Waals surface area contributed by atoms with Crippen LogP contribution in [0.5, 0.6) is 5.75 Å². The van der Waals surface area contributed by atoms with Gasteiger partial charge in [-0.25, -0.2) is 9.18 Å². The lowest BCUT2D eigenvalue weighted by atomic mass is 10.3. The van der Waals surface area contributed by atoms with Crippen LogP contribution in [0.1, 0.15) is 0 Å². The maximum Gasteiger partial charge on any atom is 0.343 e. The van der Waals surface area contributed by atoms with E-state index in [1.54, 1.807) is 0 Å². The molecular formula is C8H9FN4O2. The van der Waals surface area contributed by atoms with Crippen molar-refractivity contribution >= 4 is 11.7 Å². The van der Waals surface area contributed by atoms with Crippen LogP contribution in [-0.4, -0.2) is 18.2 Å². The summed E-state index contributed by atoms with van der Waals surface area (Å²) < 4.78 is 12.6. The fraction of sp³-hybridized carbons (Fsp3) is 0.125. The van der Waals surface area contributed by atoms with Crippen molar-refractivity contribution in [2.45, 2.75) is 0 Å². The molecule has 0 radical (unpaired) electrons. The molecule has 80 valence electrons. The van der Waals surface area contributed by atoms with Gasteiger partial charge in [-0.2, -0.15) is 10.5 Å². The quantitative estimate of drug-likeness (QED) is 0.513. The van der Waals surface area contributed by atoms with Crippen LogP contribution in [0, 0.1) is 11.3 Å². The fourth-order valence-corrected chi connectivity index (χ4v) is 0.990. The van der Waals surface area contributed by atoms with Crippen LogP contribution in [0.15, 0.2) is 23.4 Å². The minimum atomic E-state index is -0.702. The molecule has 7 heteroatoms. The first-order chi connectivity index (χ1) is 7.10. The summed E-state index contributed by atoms with van der Waals surface area (Å²) >= 11 is 0. The summed E-state index contributed by atoms with van der Waals surface area (Å²) in [5.74, 6) is -1.10. The molecule has 0 heterocycles. The normalized spacial score (nSPS) is 9.47. The molecule has 0 aliphatic carbocycles. The average molecular weight is 212 g/mol. The zero-order valence-corrected chi connectivity index (χ0v) is 7.86. The van der Waals surface area contributed by atoms with Crippen molar-refractivity contribution in [2.24, 2.45) is 5.22 Å². The highest BCUT2D eigenvalue weighted by atomic mass is 19.1. The molecule has 0 aliphatic rings. The Bertz CT molecular complexity index is 396. The Morgan fingerprint density at radius 1 is 1.67 bits per heavy atom. The largest absolute Gasteiger partial charge is 0.506 e. The Hall–Kier alpha value is -2.18. The zero-order chi connectivity index (χ0) is 11.4. The third-order valence-corrected chi connectivity index (χ3v) is 1.67. The number of phenolic OH excluding ortho intramolecular Hbond substituents is 1. The lowest BCUT2D eigenvalue weighted by Gasteiger charge is -2.15. The molecule has 0 spiro atoms. The van der Waals surface area contributed by atoms with Gasteiger partial charge in [-0.1, -0.05) is 5.22 Å². The number of urea groups is 1. The summed E-state index contributed by atoms with van der Waals surface area (Å²) in [6, 6.07) is 2.33. The third-order valence-electron chi connectivity index (χ3n) is 1.67. The summed E-state index contributed by atoms with van der Waals surface area (Å²) in [6.07, 6.45) is 0. The molecule has 0 saturated carbocycles. The van der Waals surface area contributed by atoms with Gasteiger partial charge in [0.15, 0.2) is 0 Å². The highest BCUT2D eigenvalue weighted by Crippen LogP contribution is 2.27. The van der Waals surface area contributed by atoms with E-state index in [4.69, 9.17) is 5.53 Å². The molecule has 2 amide bonds. The van der Waals surface area contributed by atoms with Crippen molar-refractivity contribution in [1.82, 2.24) is 5.32 Å². The van der Waals surface area contributed by atoms with Crippen molar-refractivity contribution in [3.05, 3.63) is 24.0 Å². The number of aromatic hydroxyl groups is 1. The number of carbonyl (C=O) groups is 1. The molecule has 0 unspecified atom stereocenters. The SMILES string of the molecule is CNC(=O)N(N=N)c1ccc(F)cc1O. The van der Waals surface area contributed by atoms with E-state index in [0.717, 1.165) is 18.2 Å². The number of carbonyl (C=O) groups excluding carboxylic acids is 1. The number of nitrogens with one attached hydrogen (secondary N) is 2. The molecule has 0 saturated heterocycles. The minimum Gasteiger partial charge on any atom is -0.506 e. The number of hydrogen-bond acceptors (Lipinski definition) is 4. The Morgan fingerprint density at radius 3 is 2.80 bits per heavy atom. The molecule has 1 aromatic rings. The summed E-state index contributed by atoms with van der Waals surface area (Å²) in [5.41, 5.74) is 6.70. The Kier molecular flexibility index (Phi) is 3.17. The predicted molar refractivity (Wildman–Crippen MR) is 50.1 cm³/mol. The lowest BCUT2D eigenvalue weighted by molar-refractivity contribution is 0.247. The van der Waals surface area contributed by atoms with Crippen molar-refractivity contribution in [1.29, 1.82) is 5.53 Å². The Balaban J connectivity index is 3.12. The molecule has 0 aromatic heterocycles. The smallest absolute Gasteiger partial charge is 0.343 e. The number of rotatable bonds is 2. The second kappa shape index (κ2) is 4.36. The van der Waals surface area contributed by atoms with Gasteiger partial charge in [0.2, 0.25) is 0 Å². The second-order valence-electron chi connectivity index (χ2n) is 2.60. The van der Waals surface area contributed by atoms with Gasteiger partial charge < -0.3 is 10.4 Å². The summed E-state index contributed by atoms with van der Waals surface area (Å²) in [6.45, 7) is 0. The Morgan fingerprint density at radius 2 is 2.33 bits per heavy atom. The van der Waals surface area contributed by atoms with E-state index in [1.165, 1.54) is 7.05 Å². The maximum atomic E-state index is 12.6. The molecule has 0 bridgehead atoms. The minimum absolute atomic E-state index is 0.0641. The third kappa shape index (κ3) is 2.19. The second-order valence-corrected chi connectivity index (χ2v) is 2.60. The number of amides is 2. The van der Waals surface area contributed by atoms with E-state index in [9.17, 15) is 14.3 Å². The van der Waals surface area contributed by atoms with Gasteiger partial charge >= 0.3 is 6.03 Å². The van der Waals surface area contributed by atoms with Gasteiger partial charge in [-0.3, -0.25) is 0 Å². The van der Waals surface area contributed by atoms with Crippen molar-refractivity contribution in [2.75, 3.05) is 12.1 Å². The standard InChI is InChI=1S/C8H9FN4O2/c1-11-8(15)13(12-10)6-3-2-5(9)4-7(6)14/h2-4,10,14H,1H3,(H,11,15). The van der Waals surface area contributed by atoms with Gasteiger partial charge in [0.25, 0.3) is 0 Å². The van der Waals surface area contributed by atoms with Crippen LogP contribution in [-0.2, 0) is 0 Å². The van der Waals surface area contributed by atoms with Crippen LogP contribution in [0.25, 0.3) is 0 Å². The van der Waals surface area contributed by atoms with Crippen LogP contribution in [0.2, 0.25) is 0 Å². The van der Waals surface area contributed by atoms with Crippen LogP contribution >= 0.6 is 0 Å². The zero-order valence-electron chi connectivity index (χ0n) is 7.86. The molecule has 3 N–H and O–H groups in total. The monoisotopic (exact) mass is 212 g/mol. The van der Waals surface area contributed by atoms with E-state index in [2.05, 4.69) is 10.5 Å². The lowest BCUT2D eigenvalue weighted by Crippen LogP contribution is -2.33. The maximum absolute atomic E-state index is 12.6. The number of hydrogen-bond donors (Lipinski definition) is 3. The van der Waals surface area contributed by atoms with Gasteiger partial charge in [-0.05, 0) is 12.1 Å². The van der Waals surface area contributed by atoms with Crippen LogP contribution in [0.4, 0.5) is 14.9 Å². The van der Waals surface area contributed by atoms with E-state index < -0.39 is 17.6 Å². The molecule has 1 aromatic carbocycles. The number of benzene rings is 1. The van der Waals surface area contributed by atoms with Gasteiger partial charge in [0.1, 0.15) is 17.3 Å². The number of phenols is 1. The molecule has 0 atom stereocenters. The number of halogens is 1. The highest BCUT2D eigenvalue weighted by Gasteiger charge is 2.17. The van der Waals surface area contributed by atoms with Crippen molar-refractivity contribution in [3.8, 4) is 5.75 Å². The summed E-state index contributed by atoms with van der Waals surface area (Å²) in [4.78, 5) is 11.2. The summed E-state index contributed by atoms with van der Waals surface area (Å²) in [5, 5.41) is 15.1. The number of nitrogens with zero attached hydrogens (tertiary/aromatic N) is 2. The summed E-state index contributed by atoms with van der Waals surface area (Å²) in [7, 11) is 1.35. The molecular weight excluding hydrogens is 203 g/mol. The number of anilines is 1. The molecule has 6 nitrogen and oxygen atoms in total. The fourth-order valence-electron chi connectivity index (χ4n) is 0.990. The topological polar surface area (TPSA) is 88.8 Å². The van der Waals surface area contributed by atoms with Gasteiger partial charge in [0, 0.05) is 13.1 Å². The van der Waals surface area contributed by atoms with Crippen molar-refractivity contribution < 1.29 is 14.3 Å². The predicted octanol–water partition coefficient (Wildman–Crippen LogP) is 1.62. The molecule has 0 fully saturated rings. The van der Waals surface area contributed by atoms with E-state index in [0.29, 0.717) is 5.01 Å².